The lowest BCUT2D eigenvalue weighted by Crippen LogP contribution is -2.32. The zero-order valence-electron chi connectivity index (χ0n) is 12.0. The molecule has 1 N–H and O–H groups in total. The van der Waals surface area contributed by atoms with Crippen LogP contribution in [-0.4, -0.2) is 26.3 Å². The summed E-state index contributed by atoms with van der Waals surface area (Å²) in [4.78, 5) is 1.95. The minimum absolute atomic E-state index is 0.0324. The number of nitrogens with zero attached hydrogens (tertiary/aromatic N) is 1. The Morgan fingerprint density at radius 3 is 2.52 bits per heavy atom. The van der Waals surface area contributed by atoms with Gasteiger partial charge in [0, 0.05) is 29.2 Å². The van der Waals surface area contributed by atoms with E-state index in [1.807, 2.05) is 30.1 Å². The van der Waals surface area contributed by atoms with Gasteiger partial charge in [0.25, 0.3) is 0 Å². The Bertz CT molecular complexity index is 540. The molecule has 0 aliphatic carbocycles. The van der Waals surface area contributed by atoms with Crippen LogP contribution >= 0.6 is 15.9 Å². The first-order chi connectivity index (χ1) is 9.82. The maximum absolute atomic E-state index is 12.6. The number of alkyl halides is 3. The van der Waals surface area contributed by atoms with Crippen molar-refractivity contribution in [3.63, 3.8) is 0 Å². The van der Waals surface area contributed by atoms with Crippen molar-refractivity contribution in [3.8, 4) is 0 Å². The van der Waals surface area contributed by atoms with Crippen LogP contribution in [0.2, 0.25) is 0 Å². The number of hydrogen-bond donors (Lipinski definition) is 1. The van der Waals surface area contributed by atoms with E-state index < -0.39 is 11.7 Å². The summed E-state index contributed by atoms with van der Waals surface area (Å²) in [7, 11) is 1.89. The number of anilines is 1. The maximum atomic E-state index is 12.6. The lowest BCUT2D eigenvalue weighted by molar-refractivity contribution is -0.0943. The molecule has 21 heavy (non-hydrogen) atoms. The number of rotatable bonds is 3. The SMILES string of the molecule is CNC(C)c1ccc(N2CC=C(C(F)(F)F)CC2)c(Br)c1. The minimum Gasteiger partial charge on any atom is -0.367 e. The topological polar surface area (TPSA) is 15.3 Å². The fraction of sp³-hybridized carbons (Fsp3) is 0.467. The second kappa shape index (κ2) is 6.40. The number of nitrogens with one attached hydrogen (secondary N) is 1. The zero-order valence-corrected chi connectivity index (χ0v) is 13.6. The second-order valence-electron chi connectivity index (χ2n) is 5.14. The Labute approximate surface area is 131 Å². The molecular weight excluding hydrogens is 345 g/mol. The van der Waals surface area contributed by atoms with Gasteiger partial charge in [-0.1, -0.05) is 12.1 Å². The fourth-order valence-corrected chi connectivity index (χ4v) is 3.01. The molecule has 116 valence electrons. The van der Waals surface area contributed by atoms with Gasteiger partial charge in [0.1, 0.15) is 0 Å². The quantitative estimate of drug-likeness (QED) is 0.800. The molecule has 1 heterocycles. The van der Waals surface area contributed by atoms with E-state index in [1.54, 1.807) is 0 Å². The third-order valence-electron chi connectivity index (χ3n) is 3.82. The summed E-state index contributed by atoms with van der Waals surface area (Å²) in [6.07, 6.45) is -2.89. The van der Waals surface area contributed by atoms with Crippen molar-refractivity contribution in [3.05, 3.63) is 39.9 Å². The normalized spacial score (nSPS) is 17.6. The van der Waals surface area contributed by atoms with E-state index in [1.165, 1.54) is 6.08 Å². The highest BCUT2D eigenvalue weighted by molar-refractivity contribution is 9.10. The summed E-state index contributed by atoms with van der Waals surface area (Å²) in [6, 6.07) is 6.21. The van der Waals surface area contributed by atoms with Gasteiger partial charge >= 0.3 is 6.18 Å². The van der Waals surface area contributed by atoms with Gasteiger partial charge in [0.2, 0.25) is 0 Å². The highest BCUT2D eigenvalue weighted by atomic mass is 79.9. The molecule has 0 saturated carbocycles. The van der Waals surface area contributed by atoms with Gasteiger partial charge in [-0.3, -0.25) is 0 Å². The predicted octanol–water partition coefficient (Wildman–Crippen LogP) is 4.43. The van der Waals surface area contributed by atoms with Gasteiger partial charge in [0.15, 0.2) is 0 Å². The molecule has 2 nitrogen and oxygen atoms in total. The van der Waals surface area contributed by atoms with Crippen molar-refractivity contribution >= 4 is 21.6 Å². The molecule has 0 saturated heterocycles. The molecular formula is C15H18BrF3N2. The molecule has 0 spiro atoms. The van der Waals surface area contributed by atoms with Crippen LogP contribution in [0.25, 0.3) is 0 Å². The van der Waals surface area contributed by atoms with E-state index in [0.29, 0.717) is 6.54 Å². The smallest absolute Gasteiger partial charge is 0.367 e. The number of halogens is 4. The van der Waals surface area contributed by atoms with Gasteiger partial charge < -0.3 is 10.2 Å². The Balaban J connectivity index is 2.16. The van der Waals surface area contributed by atoms with Crippen LogP contribution < -0.4 is 10.2 Å². The molecule has 0 radical (unpaired) electrons. The van der Waals surface area contributed by atoms with Gasteiger partial charge in [0.05, 0.1) is 5.69 Å². The molecule has 1 aliphatic rings. The molecule has 1 aromatic carbocycles. The fourth-order valence-electron chi connectivity index (χ4n) is 2.36. The summed E-state index contributed by atoms with van der Waals surface area (Å²) in [6.45, 7) is 2.72. The molecule has 0 amide bonds. The second-order valence-corrected chi connectivity index (χ2v) is 6.00. The molecule has 1 aliphatic heterocycles. The van der Waals surface area contributed by atoms with Gasteiger partial charge in [-0.15, -0.1) is 0 Å². The van der Waals surface area contributed by atoms with Crippen LogP contribution in [-0.2, 0) is 0 Å². The van der Waals surface area contributed by atoms with Gasteiger partial charge in [-0.05, 0) is 54.0 Å². The third-order valence-corrected chi connectivity index (χ3v) is 4.45. The average molecular weight is 363 g/mol. The lowest BCUT2D eigenvalue weighted by Gasteiger charge is -2.30. The number of benzene rings is 1. The van der Waals surface area contributed by atoms with Crippen molar-refractivity contribution < 1.29 is 13.2 Å². The van der Waals surface area contributed by atoms with Crippen LogP contribution in [0.15, 0.2) is 34.3 Å². The van der Waals surface area contributed by atoms with E-state index in [-0.39, 0.29) is 19.0 Å². The van der Waals surface area contributed by atoms with Crippen molar-refractivity contribution in [2.24, 2.45) is 0 Å². The van der Waals surface area contributed by atoms with E-state index in [9.17, 15) is 13.2 Å². The van der Waals surface area contributed by atoms with Crippen LogP contribution in [0.4, 0.5) is 18.9 Å². The largest absolute Gasteiger partial charge is 0.412 e. The zero-order chi connectivity index (χ0) is 15.6. The molecule has 2 rings (SSSR count). The molecule has 1 atom stereocenters. The first-order valence-corrected chi connectivity index (χ1v) is 7.60. The van der Waals surface area contributed by atoms with E-state index in [2.05, 4.69) is 28.2 Å². The summed E-state index contributed by atoms with van der Waals surface area (Å²) in [5.74, 6) is 0. The predicted molar refractivity (Wildman–Crippen MR) is 82.6 cm³/mol. The van der Waals surface area contributed by atoms with Crippen molar-refractivity contribution in [2.45, 2.75) is 25.6 Å². The Kier molecular flexibility index (Phi) is 4.99. The van der Waals surface area contributed by atoms with Crippen LogP contribution in [0.5, 0.6) is 0 Å². The van der Waals surface area contributed by atoms with Crippen molar-refractivity contribution in [1.82, 2.24) is 5.32 Å². The molecule has 0 bridgehead atoms. The molecule has 1 unspecified atom stereocenters. The third kappa shape index (κ3) is 3.80. The monoisotopic (exact) mass is 362 g/mol. The van der Waals surface area contributed by atoms with E-state index >= 15 is 0 Å². The maximum Gasteiger partial charge on any atom is 0.412 e. The summed E-state index contributed by atoms with van der Waals surface area (Å²) in [5, 5.41) is 3.16. The lowest BCUT2D eigenvalue weighted by atomic mass is 10.1. The first-order valence-electron chi connectivity index (χ1n) is 6.81. The Morgan fingerprint density at radius 1 is 1.33 bits per heavy atom. The minimum atomic E-state index is -4.20. The summed E-state index contributed by atoms with van der Waals surface area (Å²) < 4.78 is 38.8. The van der Waals surface area contributed by atoms with Crippen LogP contribution in [0.1, 0.15) is 24.9 Å². The Hall–Kier alpha value is -1.01. The van der Waals surface area contributed by atoms with E-state index in [4.69, 9.17) is 0 Å². The highest BCUT2D eigenvalue weighted by Gasteiger charge is 2.34. The van der Waals surface area contributed by atoms with Crippen LogP contribution in [0.3, 0.4) is 0 Å². The summed E-state index contributed by atoms with van der Waals surface area (Å²) >= 11 is 3.52. The first kappa shape index (κ1) is 16.4. The average Bonchev–Trinajstić information content (AvgIpc) is 2.45. The van der Waals surface area contributed by atoms with Gasteiger partial charge in [-0.25, -0.2) is 0 Å². The van der Waals surface area contributed by atoms with Crippen LogP contribution in [0, 0.1) is 0 Å². The molecule has 1 aromatic rings. The van der Waals surface area contributed by atoms with E-state index in [0.717, 1.165) is 15.7 Å². The highest BCUT2D eigenvalue weighted by Crippen LogP contribution is 2.34. The Morgan fingerprint density at radius 2 is 2.05 bits per heavy atom. The number of hydrogen-bond acceptors (Lipinski definition) is 2. The molecule has 6 heteroatoms. The van der Waals surface area contributed by atoms with Gasteiger partial charge in [-0.2, -0.15) is 13.2 Å². The standard InChI is InChI=1S/C15H18BrF3N2/c1-10(20-2)11-3-4-14(13(16)9-11)21-7-5-12(6-8-21)15(17,18)19/h3-5,9-10,20H,6-8H2,1-2H3. The van der Waals surface area contributed by atoms with Crippen molar-refractivity contribution in [1.29, 1.82) is 0 Å². The molecule has 0 fully saturated rings. The molecule has 0 aromatic heterocycles. The van der Waals surface area contributed by atoms with Crippen molar-refractivity contribution in [2.75, 3.05) is 25.0 Å². The summed E-state index contributed by atoms with van der Waals surface area (Å²) in [5.41, 5.74) is 1.64.